The van der Waals surface area contributed by atoms with Crippen molar-refractivity contribution in [1.29, 1.82) is 0 Å². The topological polar surface area (TPSA) is 105 Å². The van der Waals surface area contributed by atoms with Gasteiger partial charge in [-0.1, -0.05) is 29.8 Å². The molecule has 1 amide bonds. The summed E-state index contributed by atoms with van der Waals surface area (Å²) in [4.78, 5) is 25.0. The molecule has 3 heterocycles. The minimum atomic E-state index is -0.461. The highest BCUT2D eigenvalue weighted by atomic mass is 16.4. The molecule has 0 saturated heterocycles. The zero-order chi connectivity index (χ0) is 20.0. The molecule has 0 aliphatic carbocycles. The first-order valence-corrected chi connectivity index (χ1v) is 9.34. The summed E-state index contributed by atoms with van der Waals surface area (Å²) in [5.41, 5.74) is 5.61. The molecule has 1 aliphatic heterocycles. The number of rotatable bonds is 4. The van der Waals surface area contributed by atoms with Crippen molar-refractivity contribution in [3.05, 3.63) is 81.6 Å². The zero-order valence-electron chi connectivity index (χ0n) is 15.7. The summed E-state index contributed by atoms with van der Waals surface area (Å²) < 4.78 is 7.01. The molecule has 5 rings (SSSR count). The minimum Gasteiger partial charge on any atom is -0.408 e. The van der Waals surface area contributed by atoms with Crippen LogP contribution in [0.4, 0.5) is 5.69 Å². The van der Waals surface area contributed by atoms with Gasteiger partial charge in [0.05, 0.1) is 24.0 Å². The molecule has 1 atom stereocenters. The van der Waals surface area contributed by atoms with Gasteiger partial charge in [-0.25, -0.2) is 4.79 Å². The lowest BCUT2D eigenvalue weighted by Crippen LogP contribution is -2.28. The van der Waals surface area contributed by atoms with Crippen LogP contribution in [0.5, 0.6) is 0 Å². The molecule has 8 nitrogen and oxygen atoms in total. The number of carbonyl (C=O) groups is 1. The van der Waals surface area contributed by atoms with Crippen LogP contribution in [0.15, 0.2) is 57.9 Å². The number of oxazole rings is 1. The van der Waals surface area contributed by atoms with E-state index in [2.05, 4.69) is 20.8 Å². The smallest absolute Gasteiger partial charge is 0.408 e. The number of H-pyrrole nitrogens is 1. The van der Waals surface area contributed by atoms with E-state index in [0.717, 1.165) is 22.4 Å². The quantitative estimate of drug-likeness (QED) is 0.497. The Kier molecular flexibility index (Phi) is 4.06. The van der Waals surface area contributed by atoms with Gasteiger partial charge in [0.15, 0.2) is 5.58 Å². The van der Waals surface area contributed by atoms with Gasteiger partial charge in [-0.2, -0.15) is 5.10 Å². The van der Waals surface area contributed by atoms with Gasteiger partial charge in [0, 0.05) is 23.9 Å². The number of benzene rings is 2. The van der Waals surface area contributed by atoms with E-state index in [-0.39, 0.29) is 5.91 Å². The van der Waals surface area contributed by atoms with Gasteiger partial charge in [0.2, 0.25) is 5.91 Å². The monoisotopic (exact) mass is 389 g/mol. The van der Waals surface area contributed by atoms with Gasteiger partial charge >= 0.3 is 5.76 Å². The summed E-state index contributed by atoms with van der Waals surface area (Å²) in [6, 6.07) is 12.8. The molecule has 146 valence electrons. The number of aromatic nitrogens is 3. The van der Waals surface area contributed by atoms with Crippen LogP contribution in [0.3, 0.4) is 0 Å². The molecule has 29 heavy (non-hydrogen) atoms. The Morgan fingerprint density at radius 2 is 2.21 bits per heavy atom. The van der Waals surface area contributed by atoms with Gasteiger partial charge in [0.1, 0.15) is 6.04 Å². The van der Waals surface area contributed by atoms with Crippen molar-refractivity contribution in [3.8, 4) is 0 Å². The summed E-state index contributed by atoms with van der Waals surface area (Å²) in [7, 11) is 0. The molecule has 2 aromatic carbocycles. The Morgan fingerprint density at radius 3 is 3.07 bits per heavy atom. The Labute approximate surface area is 165 Å². The lowest BCUT2D eigenvalue weighted by molar-refractivity contribution is -0.118. The minimum absolute atomic E-state index is 0.189. The van der Waals surface area contributed by atoms with Crippen molar-refractivity contribution in [2.45, 2.75) is 26.1 Å². The standard InChI is InChI=1S/C21H19N5O3/c1-12-3-2-4-13(7-12)11-26-17-6-5-14(8-18(17)29-21(26)28)24-20(27)19-15-9-23-25-16(15)10-22-19/h2-9,19,22H,10-11H2,1H3,(H,23,25)(H,24,27). The number of anilines is 1. The molecule has 4 aromatic rings. The normalized spacial score (nSPS) is 15.6. The molecule has 2 aromatic heterocycles. The summed E-state index contributed by atoms with van der Waals surface area (Å²) >= 11 is 0. The molecule has 0 spiro atoms. The van der Waals surface area contributed by atoms with Crippen LogP contribution in [0.25, 0.3) is 11.1 Å². The molecule has 1 aliphatic rings. The maximum absolute atomic E-state index is 12.6. The number of nitrogens with zero attached hydrogens (tertiary/aromatic N) is 2. The summed E-state index contributed by atoms with van der Waals surface area (Å²) in [5, 5.41) is 12.9. The van der Waals surface area contributed by atoms with E-state index in [0.29, 0.717) is 29.9 Å². The maximum atomic E-state index is 12.6. The molecular formula is C21H19N5O3. The molecular weight excluding hydrogens is 370 g/mol. The van der Waals surface area contributed by atoms with E-state index in [1.165, 1.54) is 0 Å². The van der Waals surface area contributed by atoms with Gasteiger partial charge in [0.25, 0.3) is 0 Å². The fourth-order valence-electron chi connectivity index (χ4n) is 3.76. The van der Waals surface area contributed by atoms with E-state index >= 15 is 0 Å². The summed E-state index contributed by atoms with van der Waals surface area (Å²) in [5.74, 6) is -0.614. The van der Waals surface area contributed by atoms with Crippen LogP contribution in [-0.2, 0) is 17.9 Å². The second-order valence-electron chi connectivity index (χ2n) is 7.23. The number of hydrogen-bond donors (Lipinski definition) is 3. The lowest BCUT2D eigenvalue weighted by atomic mass is 10.1. The molecule has 0 radical (unpaired) electrons. The third-order valence-corrected chi connectivity index (χ3v) is 5.17. The van der Waals surface area contributed by atoms with E-state index < -0.39 is 11.8 Å². The summed E-state index contributed by atoms with van der Waals surface area (Å²) in [6.45, 7) is 3.01. The third kappa shape index (κ3) is 3.13. The molecule has 0 saturated carbocycles. The summed E-state index contributed by atoms with van der Waals surface area (Å²) in [6.07, 6.45) is 1.66. The predicted molar refractivity (Wildman–Crippen MR) is 108 cm³/mol. The number of hydrogen-bond acceptors (Lipinski definition) is 5. The fourth-order valence-corrected chi connectivity index (χ4v) is 3.76. The highest BCUT2D eigenvalue weighted by molar-refractivity contribution is 5.97. The van der Waals surface area contributed by atoms with E-state index in [9.17, 15) is 9.59 Å². The van der Waals surface area contributed by atoms with Crippen molar-refractivity contribution in [2.75, 3.05) is 5.32 Å². The maximum Gasteiger partial charge on any atom is 0.420 e. The fraction of sp³-hybridized carbons (Fsp3) is 0.190. The first-order chi connectivity index (χ1) is 14.1. The molecule has 3 N–H and O–H groups in total. The van der Waals surface area contributed by atoms with Crippen LogP contribution >= 0.6 is 0 Å². The number of amides is 1. The molecule has 1 unspecified atom stereocenters. The highest BCUT2D eigenvalue weighted by Gasteiger charge is 2.29. The van der Waals surface area contributed by atoms with Crippen molar-refractivity contribution in [3.63, 3.8) is 0 Å². The van der Waals surface area contributed by atoms with E-state index in [1.54, 1.807) is 29.0 Å². The SMILES string of the molecule is Cc1cccc(Cn2c(=O)oc3cc(NC(=O)C4NCc5[nH]ncc54)ccc32)c1. The van der Waals surface area contributed by atoms with Crippen LogP contribution in [0.2, 0.25) is 0 Å². The number of aromatic amines is 1. The molecule has 8 heteroatoms. The van der Waals surface area contributed by atoms with Crippen LogP contribution in [-0.4, -0.2) is 20.7 Å². The first kappa shape index (κ1) is 17.4. The molecule has 0 bridgehead atoms. The Balaban J connectivity index is 1.40. The number of fused-ring (bicyclic) bond motifs is 2. The molecule has 0 fully saturated rings. The van der Waals surface area contributed by atoms with Gasteiger partial charge in [-0.05, 0) is 24.6 Å². The van der Waals surface area contributed by atoms with Gasteiger partial charge in [-0.3, -0.25) is 19.8 Å². The first-order valence-electron chi connectivity index (χ1n) is 9.34. The average molecular weight is 389 g/mol. The van der Waals surface area contributed by atoms with Crippen LogP contribution in [0.1, 0.15) is 28.4 Å². The van der Waals surface area contributed by atoms with Crippen LogP contribution < -0.4 is 16.4 Å². The predicted octanol–water partition coefficient (Wildman–Crippen LogP) is 2.46. The Hall–Kier alpha value is -3.65. The van der Waals surface area contributed by atoms with Crippen molar-refractivity contribution < 1.29 is 9.21 Å². The van der Waals surface area contributed by atoms with Gasteiger partial charge < -0.3 is 9.73 Å². The largest absolute Gasteiger partial charge is 0.420 e. The van der Waals surface area contributed by atoms with Crippen LogP contribution in [0, 0.1) is 6.92 Å². The average Bonchev–Trinajstić information content (AvgIpc) is 3.37. The second kappa shape index (κ2) is 6.75. The number of aryl methyl sites for hydroxylation is 1. The second-order valence-corrected chi connectivity index (χ2v) is 7.23. The highest BCUT2D eigenvalue weighted by Crippen LogP contribution is 2.25. The lowest BCUT2D eigenvalue weighted by Gasteiger charge is -2.11. The van der Waals surface area contributed by atoms with E-state index in [4.69, 9.17) is 4.42 Å². The van der Waals surface area contributed by atoms with Crippen molar-refractivity contribution >= 4 is 22.7 Å². The number of carbonyl (C=O) groups excluding carboxylic acids is 1. The number of nitrogens with one attached hydrogen (secondary N) is 3. The van der Waals surface area contributed by atoms with Crippen molar-refractivity contribution in [2.24, 2.45) is 0 Å². The zero-order valence-corrected chi connectivity index (χ0v) is 15.7. The Morgan fingerprint density at radius 1 is 1.31 bits per heavy atom. The van der Waals surface area contributed by atoms with E-state index in [1.807, 2.05) is 31.2 Å². The van der Waals surface area contributed by atoms with Crippen molar-refractivity contribution in [1.82, 2.24) is 20.1 Å². The Bertz CT molecular complexity index is 1280. The van der Waals surface area contributed by atoms with Gasteiger partial charge in [-0.15, -0.1) is 0 Å². The third-order valence-electron chi connectivity index (χ3n) is 5.17.